The predicted molar refractivity (Wildman–Crippen MR) is 88.7 cm³/mol. The van der Waals surface area contributed by atoms with Gasteiger partial charge in [-0.3, -0.25) is 0 Å². The molecule has 0 aliphatic rings. The zero-order chi connectivity index (χ0) is 14.8. The molecule has 0 bridgehead atoms. The summed E-state index contributed by atoms with van der Waals surface area (Å²) in [5, 5.41) is 4.14. The Hall–Kier alpha value is -2.32. The van der Waals surface area contributed by atoms with E-state index in [1.54, 1.807) is 17.5 Å². The quantitative estimate of drug-likeness (QED) is 0.749. The molecule has 0 aliphatic heterocycles. The molecule has 4 nitrogen and oxygen atoms in total. The maximum absolute atomic E-state index is 5.46. The van der Waals surface area contributed by atoms with Gasteiger partial charge in [-0.15, -0.1) is 17.8 Å². The number of H-pyrrole nitrogens is 1. The number of pyridine rings is 1. The SMILES string of the molecule is C#Cc1cnc2[nH]cc(-c3csc(N(CC)CC)n3)c2c1. The van der Waals surface area contributed by atoms with Crippen LogP contribution in [0.5, 0.6) is 0 Å². The van der Waals surface area contributed by atoms with Crippen molar-refractivity contribution in [3.8, 4) is 23.6 Å². The van der Waals surface area contributed by atoms with Gasteiger partial charge in [0.05, 0.1) is 5.69 Å². The molecule has 5 heteroatoms. The minimum absolute atomic E-state index is 0.780. The molecule has 0 atom stereocenters. The number of terminal acetylenes is 1. The Morgan fingerprint density at radius 3 is 2.90 bits per heavy atom. The van der Waals surface area contributed by atoms with Gasteiger partial charge in [0.25, 0.3) is 0 Å². The summed E-state index contributed by atoms with van der Waals surface area (Å²) >= 11 is 1.66. The second kappa shape index (κ2) is 5.58. The number of nitrogens with one attached hydrogen (secondary N) is 1. The number of hydrogen-bond acceptors (Lipinski definition) is 4. The highest BCUT2D eigenvalue weighted by molar-refractivity contribution is 7.14. The summed E-state index contributed by atoms with van der Waals surface area (Å²) in [5.74, 6) is 2.63. The molecule has 21 heavy (non-hydrogen) atoms. The van der Waals surface area contributed by atoms with Crippen molar-refractivity contribution in [2.24, 2.45) is 0 Å². The van der Waals surface area contributed by atoms with Crippen molar-refractivity contribution >= 4 is 27.5 Å². The van der Waals surface area contributed by atoms with Crippen molar-refractivity contribution in [1.82, 2.24) is 15.0 Å². The number of nitrogens with zero attached hydrogens (tertiary/aromatic N) is 3. The molecule has 1 N–H and O–H groups in total. The highest BCUT2D eigenvalue weighted by atomic mass is 32.1. The van der Waals surface area contributed by atoms with Crippen LogP contribution in [-0.4, -0.2) is 28.0 Å². The normalized spacial score (nSPS) is 10.7. The van der Waals surface area contributed by atoms with Crippen molar-refractivity contribution in [2.45, 2.75) is 13.8 Å². The van der Waals surface area contributed by atoms with Crippen LogP contribution in [0.4, 0.5) is 5.13 Å². The van der Waals surface area contributed by atoms with Gasteiger partial charge in [-0.25, -0.2) is 9.97 Å². The maximum atomic E-state index is 5.46. The molecule has 0 aromatic carbocycles. The Morgan fingerprint density at radius 1 is 1.38 bits per heavy atom. The van der Waals surface area contributed by atoms with Gasteiger partial charge in [0, 0.05) is 47.4 Å². The van der Waals surface area contributed by atoms with Gasteiger partial charge in [0.1, 0.15) is 5.65 Å². The maximum Gasteiger partial charge on any atom is 0.185 e. The standard InChI is InChI=1S/C16H16N4S/c1-4-11-7-12-13(9-18-15(12)17-8-11)14-10-21-16(19-14)20(5-2)6-3/h1,7-10H,5-6H2,2-3H3,(H,17,18). The molecule has 3 rings (SSSR count). The minimum atomic E-state index is 0.780. The number of aromatic nitrogens is 3. The third-order valence-electron chi connectivity index (χ3n) is 3.50. The topological polar surface area (TPSA) is 44.8 Å². The molecule has 0 saturated carbocycles. The highest BCUT2D eigenvalue weighted by Crippen LogP contribution is 2.32. The Balaban J connectivity index is 2.06. The van der Waals surface area contributed by atoms with Crippen molar-refractivity contribution in [3.63, 3.8) is 0 Å². The number of rotatable bonds is 4. The van der Waals surface area contributed by atoms with Gasteiger partial charge >= 0.3 is 0 Å². The van der Waals surface area contributed by atoms with E-state index in [-0.39, 0.29) is 0 Å². The summed E-state index contributed by atoms with van der Waals surface area (Å²) in [5.41, 5.74) is 3.62. The van der Waals surface area contributed by atoms with Crippen LogP contribution in [0.25, 0.3) is 22.3 Å². The predicted octanol–water partition coefficient (Wildman–Crippen LogP) is 3.51. The summed E-state index contributed by atoms with van der Waals surface area (Å²) in [6.07, 6.45) is 9.10. The molecule has 0 amide bonds. The Bertz CT molecular complexity index is 805. The van der Waals surface area contributed by atoms with E-state index >= 15 is 0 Å². The smallest absolute Gasteiger partial charge is 0.185 e. The average molecular weight is 296 g/mol. The van der Waals surface area contributed by atoms with Crippen LogP contribution in [0.2, 0.25) is 0 Å². The lowest BCUT2D eigenvalue weighted by Gasteiger charge is -2.16. The molecular weight excluding hydrogens is 280 g/mol. The lowest BCUT2D eigenvalue weighted by molar-refractivity contribution is 0.860. The van der Waals surface area contributed by atoms with Crippen molar-refractivity contribution in [3.05, 3.63) is 29.4 Å². The fourth-order valence-electron chi connectivity index (χ4n) is 2.32. The number of thiazole rings is 1. The third kappa shape index (κ3) is 2.39. The fourth-order valence-corrected chi connectivity index (χ4v) is 3.28. The van der Waals surface area contributed by atoms with E-state index in [0.29, 0.717) is 0 Å². The first-order valence-corrected chi connectivity index (χ1v) is 7.79. The molecule has 3 aromatic heterocycles. The number of hydrogen-bond donors (Lipinski definition) is 1. The summed E-state index contributed by atoms with van der Waals surface area (Å²) < 4.78 is 0. The van der Waals surface area contributed by atoms with Crippen LogP contribution < -0.4 is 4.90 Å². The molecule has 0 spiro atoms. The minimum Gasteiger partial charge on any atom is -0.349 e. The molecular formula is C16H16N4S. The Labute approximate surface area is 127 Å². The lowest BCUT2D eigenvalue weighted by atomic mass is 10.1. The number of anilines is 1. The summed E-state index contributed by atoms with van der Waals surface area (Å²) in [6.45, 7) is 6.19. The van der Waals surface area contributed by atoms with Crippen LogP contribution >= 0.6 is 11.3 Å². The monoisotopic (exact) mass is 296 g/mol. The summed E-state index contributed by atoms with van der Waals surface area (Å²) in [4.78, 5) is 14.5. The van der Waals surface area contributed by atoms with Gasteiger partial charge in [0.2, 0.25) is 0 Å². The molecule has 0 radical (unpaired) electrons. The summed E-state index contributed by atoms with van der Waals surface area (Å²) in [7, 11) is 0. The largest absolute Gasteiger partial charge is 0.349 e. The van der Waals surface area contributed by atoms with E-state index in [4.69, 9.17) is 11.4 Å². The first-order chi connectivity index (χ1) is 10.3. The highest BCUT2D eigenvalue weighted by Gasteiger charge is 2.13. The molecule has 0 fully saturated rings. The summed E-state index contributed by atoms with van der Waals surface area (Å²) in [6, 6.07) is 1.98. The van der Waals surface area contributed by atoms with E-state index in [0.717, 1.165) is 46.1 Å². The number of fused-ring (bicyclic) bond motifs is 1. The molecule has 0 aliphatic carbocycles. The molecule has 0 saturated heterocycles. The van der Waals surface area contributed by atoms with E-state index in [1.165, 1.54) is 0 Å². The zero-order valence-electron chi connectivity index (χ0n) is 12.1. The van der Waals surface area contributed by atoms with Crippen molar-refractivity contribution < 1.29 is 0 Å². The fraction of sp³-hybridized carbons (Fsp3) is 0.250. The van der Waals surface area contributed by atoms with E-state index in [1.807, 2.05) is 12.3 Å². The Kier molecular flexibility index (Phi) is 3.63. The average Bonchev–Trinajstić information content (AvgIpc) is 3.14. The Morgan fingerprint density at radius 2 is 2.19 bits per heavy atom. The van der Waals surface area contributed by atoms with Gasteiger partial charge in [0.15, 0.2) is 5.13 Å². The van der Waals surface area contributed by atoms with Crippen molar-refractivity contribution in [2.75, 3.05) is 18.0 Å². The third-order valence-corrected chi connectivity index (χ3v) is 4.40. The van der Waals surface area contributed by atoms with E-state index in [2.05, 4.69) is 40.0 Å². The van der Waals surface area contributed by atoms with Gasteiger partial charge < -0.3 is 9.88 Å². The molecule has 3 heterocycles. The van der Waals surface area contributed by atoms with E-state index in [9.17, 15) is 0 Å². The number of aromatic amines is 1. The second-order valence-corrected chi connectivity index (χ2v) is 5.49. The van der Waals surface area contributed by atoms with E-state index < -0.39 is 0 Å². The lowest BCUT2D eigenvalue weighted by Crippen LogP contribution is -2.21. The second-order valence-electron chi connectivity index (χ2n) is 4.65. The van der Waals surface area contributed by atoms with Gasteiger partial charge in [-0.2, -0.15) is 0 Å². The van der Waals surface area contributed by atoms with Crippen LogP contribution in [0, 0.1) is 12.3 Å². The molecule has 106 valence electrons. The zero-order valence-corrected chi connectivity index (χ0v) is 12.9. The molecule has 3 aromatic rings. The van der Waals surface area contributed by atoms with Gasteiger partial charge in [-0.05, 0) is 19.9 Å². The van der Waals surface area contributed by atoms with Crippen molar-refractivity contribution in [1.29, 1.82) is 0 Å². The molecule has 0 unspecified atom stereocenters. The van der Waals surface area contributed by atoms with Crippen LogP contribution in [0.3, 0.4) is 0 Å². The first kappa shape index (κ1) is 13.7. The van der Waals surface area contributed by atoms with Crippen LogP contribution in [-0.2, 0) is 0 Å². The first-order valence-electron chi connectivity index (χ1n) is 6.91. The van der Waals surface area contributed by atoms with Crippen LogP contribution in [0.1, 0.15) is 19.4 Å². The van der Waals surface area contributed by atoms with Crippen LogP contribution in [0.15, 0.2) is 23.8 Å². The van der Waals surface area contributed by atoms with Gasteiger partial charge in [-0.1, -0.05) is 5.92 Å².